The van der Waals surface area contributed by atoms with Crippen LogP contribution in [0.1, 0.15) is 5.56 Å². The zero-order valence-electron chi connectivity index (χ0n) is 11.2. The molecular formula is C13H12BrN3O4S. The number of sulfonamides is 1. The molecule has 22 heavy (non-hydrogen) atoms. The van der Waals surface area contributed by atoms with Crippen LogP contribution in [0, 0.1) is 0 Å². The van der Waals surface area contributed by atoms with Gasteiger partial charge < -0.3 is 4.74 Å². The normalized spacial score (nSPS) is 11.0. The van der Waals surface area contributed by atoms with E-state index >= 15 is 0 Å². The molecule has 0 aliphatic carbocycles. The van der Waals surface area contributed by atoms with Crippen molar-refractivity contribution in [2.75, 3.05) is 5.32 Å². The molecular weight excluding hydrogens is 374 g/mol. The third-order valence-corrected chi connectivity index (χ3v) is 4.48. The van der Waals surface area contributed by atoms with Gasteiger partial charge >= 0.3 is 6.09 Å². The second-order valence-corrected chi connectivity index (χ2v) is 6.55. The minimum Gasteiger partial charge on any atom is -0.444 e. The van der Waals surface area contributed by atoms with Crippen LogP contribution < -0.4 is 10.5 Å². The Kier molecular flexibility index (Phi) is 5.11. The minimum atomic E-state index is -4.06. The second kappa shape index (κ2) is 6.86. The highest BCUT2D eigenvalue weighted by atomic mass is 79.9. The quantitative estimate of drug-likeness (QED) is 0.837. The van der Waals surface area contributed by atoms with Crippen LogP contribution >= 0.6 is 15.9 Å². The molecule has 0 aliphatic heterocycles. The fourth-order valence-corrected chi connectivity index (χ4v) is 3.34. The largest absolute Gasteiger partial charge is 0.444 e. The van der Waals surface area contributed by atoms with Crippen molar-refractivity contribution in [2.24, 2.45) is 5.14 Å². The zero-order valence-corrected chi connectivity index (χ0v) is 13.6. The molecule has 0 saturated heterocycles. The molecule has 0 aliphatic rings. The molecule has 1 aromatic heterocycles. The highest BCUT2D eigenvalue weighted by Gasteiger charge is 2.21. The highest BCUT2D eigenvalue weighted by molar-refractivity contribution is 9.10. The summed E-state index contributed by atoms with van der Waals surface area (Å²) in [5, 5.41) is 7.38. The van der Waals surface area contributed by atoms with Gasteiger partial charge in [0.05, 0.1) is 0 Å². The number of ether oxygens (including phenoxy) is 1. The Hall–Kier alpha value is -1.97. The van der Waals surface area contributed by atoms with E-state index < -0.39 is 16.1 Å². The van der Waals surface area contributed by atoms with Crippen molar-refractivity contribution in [2.45, 2.75) is 11.5 Å². The summed E-state index contributed by atoms with van der Waals surface area (Å²) >= 11 is 3.06. The molecule has 1 heterocycles. The van der Waals surface area contributed by atoms with Gasteiger partial charge in [-0.05, 0) is 27.6 Å². The number of hydrogen-bond acceptors (Lipinski definition) is 5. The van der Waals surface area contributed by atoms with Gasteiger partial charge in [-0.1, -0.05) is 30.3 Å². The van der Waals surface area contributed by atoms with Gasteiger partial charge in [-0.25, -0.2) is 23.3 Å². The van der Waals surface area contributed by atoms with Gasteiger partial charge in [-0.2, -0.15) is 0 Å². The lowest BCUT2D eigenvalue weighted by molar-refractivity contribution is 0.155. The third-order valence-electron chi connectivity index (χ3n) is 2.57. The number of rotatable bonds is 4. The molecule has 0 radical (unpaired) electrons. The van der Waals surface area contributed by atoms with Gasteiger partial charge in [-0.3, -0.25) is 5.32 Å². The van der Waals surface area contributed by atoms with Crippen LogP contribution in [-0.4, -0.2) is 19.5 Å². The number of primary sulfonamides is 1. The Morgan fingerprint density at radius 3 is 2.59 bits per heavy atom. The number of carbonyl (C=O) groups is 1. The summed E-state index contributed by atoms with van der Waals surface area (Å²) in [7, 11) is -4.06. The lowest BCUT2D eigenvalue weighted by Crippen LogP contribution is -2.20. The molecule has 7 nitrogen and oxygen atoms in total. The molecule has 116 valence electrons. The molecule has 0 atom stereocenters. The summed E-state index contributed by atoms with van der Waals surface area (Å²) in [6.45, 7) is 0.0470. The summed E-state index contributed by atoms with van der Waals surface area (Å²) in [4.78, 5) is 15.2. The van der Waals surface area contributed by atoms with Gasteiger partial charge in [-0.15, -0.1) is 0 Å². The number of nitrogens with one attached hydrogen (secondary N) is 1. The van der Waals surface area contributed by atoms with Crippen LogP contribution in [0.15, 0.2) is 52.0 Å². The van der Waals surface area contributed by atoms with Gasteiger partial charge in [0.15, 0.2) is 5.82 Å². The van der Waals surface area contributed by atoms with Crippen molar-refractivity contribution in [1.29, 1.82) is 0 Å². The Morgan fingerprint density at radius 2 is 1.95 bits per heavy atom. The monoisotopic (exact) mass is 385 g/mol. The molecule has 2 aromatic rings. The van der Waals surface area contributed by atoms with Crippen LogP contribution in [0.4, 0.5) is 10.6 Å². The van der Waals surface area contributed by atoms with Crippen molar-refractivity contribution in [3.8, 4) is 0 Å². The van der Waals surface area contributed by atoms with Crippen molar-refractivity contribution in [1.82, 2.24) is 4.98 Å². The van der Waals surface area contributed by atoms with E-state index in [1.165, 1.54) is 12.3 Å². The molecule has 0 fully saturated rings. The van der Waals surface area contributed by atoms with Gasteiger partial charge in [0.1, 0.15) is 11.5 Å². The topological polar surface area (TPSA) is 111 Å². The van der Waals surface area contributed by atoms with Crippen LogP contribution in [0.5, 0.6) is 0 Å². The Bertz CT molecular complexity index is 781. The average molecular weight is 386 g/mol. The molecule has 0 unspecified atom stereocenters. The molecule has 3 N–H and O–H groups in total. The molecule has 0 spiro atoms. The standard InChI is InChI=1S/C13H12BrN3O4S/c14-10-6-7-16-12(11(10)22(15,19)20)17-13(18)21-8-9-4-2-1-3-5-9/h1-7H,8H2,(H2,15,19,20)(H,16,17,18). The predicted octanol–water partition coefficient (Wildman–Crippen LogP) is 2.24. The first-order chi connectivity index (χ1) is 10.4. The van der Waals surface area contributed by atoms with Crippen LogP contribution in [0.3, 0.4) is 0 Å². The Balaban J connectivity index is 2.11. The van der Waals surface area contributed by atoms with E-state index in [9.17, 15) is 13.2 Å². The second-order valence-electron chi connectivity index (χ2n) is 4.20. The molecule has 2 rings (SSSR count). The summed E-state index contributed by atoms with van der Waals surface area (Å²) in [5.41, 5.74) is 0.798. The van der Waals surface area contributed by atoms with Crippen LogP contribution in [0.25, 0.3) is 0 Å². The third kappa shape index (κ3) is 4.26. The highest BCUT2D eigenvalue weighted by Crippen LogP contribution is 2.26. The summed E-state index contributed by atoms with van der Waals surface area (Å²) in [6.07, 6.45) is 0.491. The number of aromatic nitrogens is 1. The number of hydrogen-bond donors (Lipinski definition) is 2. The van der Waals surface area contributed by atoms with Crippen molar-refractivity contribution in [3.63, 3.8) is 0 Å². The first kappa shape index (κ1) is 16.4. The fraction of sp³-hybridized carbons (Fsp3) is 0.0769. The Labute approximate surface area is 135 Å². The Morgan fingerprint density at radius 1 is 1.27 bits per heavy atom. The van der Waals surface area contributed by atoms with E-state index in [1.807, 2.05) is 18.2 Å². The van der Waals surface area contributed by atoms with Crippen molar-refractivity contribution < 1.29 is 17.9 Å². The van der Waals surface area contributed by atoms with Crippen LogP contribution in [-0.2, 0) is 21.4 Å². The molecule has 1 aromatic carbocycles. The van der Waals surface area contributed by atoms with E-state index in [0.717, 1.165) is 5.56 Å². The lowest BCUT2D eigenvalue weighted by atomic mass is 10.2. The van der Waals surface area contributed by atoms with E-state index in [2.05, 4.69) is 26.2 Å². The SMILES string of the molecule is NS(=O)(=O)c1c(Br)ccnc1NC(=O)OCc1ccccc1. The van der Waals surface area contributed by atoms with Gasteiger partial charge in [0, 0.05) is 10.7 Å². The number of nitrogens with two attached hydrogens (primary N) is 1. The van der Waals surface area contributed by atoms with E-state index in [1.54, 1.807) is 12.1 Å². The van der Waals surface area contributed by atoms with E-state index in [4.69, 9.17) is 9.88 Å². The number of carbonyl (C=O) groups excluding carboxylic acids is 1. The van der Waals surface area contributed by atoms with Crippen molar-refractivity contribution in [3.05, 3.63) is 52.6 Å². The van der Waals surface area contributed by atoms with E-state index in [0.29, 0.717) is 0 Å². The van der Waals surface area contributed by atoms with Crippen LogP contribution in [0.2, 0.25) is 0 Å². The van der Waals surface area contributed by atoms with Gasteiger partial charge in [0.25, 0.3) is 0 Å². The lowest BCUT2D eigenvalue weighted by Gasteiger charge is -2.10. The zero-order chi connectivity index (χ0) is 16.2. The fourth-order valence-electron chi connectivity index (χ4n) is 1.64. The smallest absolute Gasteiger partial charge is 0.413 e. The number of benzene rings is 1. The predicted molar refractivity (Wildman–Crippen MR) is 83.6 cm³/mol. The first-order valence-corrected chi connectivity index (χ1v) is 8.37. The summed E-state index contributed by atoms with van der Waals surface area (Å²) < 4.78 is 28.3. The minimum absolute atomic E-state index is 0.0470. The number of anilines is 1. The number of pyridine rings is 1. The maximum atomic E-state index is 11.8. The molecule has 9 heteroatoms. The molecule has 0 saturated carbocycles. The van der Waals surface area contributed by atoms with Gasteiger partial charge in [0.2, 0.25) is 10.0 Å². The van der Waals surface area contributed by atoms with E-state index in [-0.39, 0.29) is 21.8 Å². The summed E-state index contributed by atoms with van der Waals surface area (Å²) in [6, 6.07) is 10.4. The molecule has 0 bridgehead atoms. The number of halogens is 1. The maximum absolute atomic E-state index is 11.8. The first-order valence-electron chi connectivity index (χ1n) is 6.03. The number of amides is 1. The van der Waals surface area contributed by atoms with Crippen molar-refractivity contribution >= 4 is 37.9 Å². The average Bonchev–Trinajstić information content (AvgIpc) is 2.45. The maximum Gasteiger partial charge on any atom is 0.413 e. The summed E-state index contributed by atoms with van der Waals surface area (Å²) in [5.74, 6) is -0.199. The number of nitrogens with zero attached hydrogens (tertiary/aromatic N) is 1. The molecule has 1 amide bonds.